The number of hydrogen-bond donors (Lipinski definition) is 1. The molecule has 0 fully saturated rings. The molecular formula is C18H17Br2NO. The average molecular weight is 423 g/mol. The van der Waals surface area contributed by atoms with E-state index >= 15 is 0 Å². The third-order valence-electron chi connectivity index (χ3n) is 3.22. The van der Waals surface area contributed by atoms with Crippen LogP contribution < -0.4 is 10.1 Å². The zero-order valence-corrected chi connectivity index (χ0v) is 15.5. The van der Waals surface area contributed by atoms with Crippen molar-refractivity contribution >= 4 is 37.5 Å². The second-order valence-corrected chi connectivity index (χ2v) is 6.49. The standard InChI is InChI=1S/C18H17Br2NO/c1-3-9-22-18-16(19)10-14(11-17(18)20)12-21-15-7-5-13(4-2)6-8-15/h1,5-8,10-11,21H,4,9,12H2,2H3. The highest BCUT2D eigenvalue weighted by atomic mass is 79.9. The first-order chi connectivity index (χ1) is 10.6. The van der Waals surface area contributed by atoms with E-state index in [1.165, 1.54) is 5.56 Å². The van der Waals surface area contributed by atoms with E-state index in [2.05, 4.69) is 74.3 Å². The monoisotopic (exact) mass is 421 g/mol. The minimum Gasteiger partial charge on any atom is -0.479 e. The first-order valence-corrected chi connectivity index (χ1v) is 8.59. The van der Waals surface area contributed by atoms with Gasteiger partial charge in [0.25, 0.3) is 0 Å². The van der Waals surface area contributed by atoms with Crippen LogP contribution in [0, 0.1) is 12.3 Å². The van der Waals surface area contributed by atoms with Gasteiger partial charge in [-0.3, -0.25) is 0 Å². The van der Waals surface area contributed by atoms with Crippen molar-refractivity contribution < 1.29 is 4.74 Å². The summed E-state index contributed by atoms with van der Waals surface area (Å²) in [6.45, 7) is 3.14. The fourth-order valence-electron chi connectivity index (χ4n) is 2.03. The molecule has 0 aliphatic rings. The van der Waals surface area contributed by atoms with Gasteiger partial charge >= 0.3 is 0 Å². The van der Waals surface area contributed by atoms with Crippen LogP contribution in [0.2, 0.25) is 0 Å². The molecule has 0 saturated heterocycles. The Morgan fingerprint density at radius 2 is 1.73 bits per heavy atom. The highest BCUT2D eigenvalue weighted by Gasteiger charge is 2.08. The lowest BCUT2D eigenvalue weighted by atomic mass is 10.1. The van der Waals surface area contributed by atoms with Crippen molar-refractivity contribution in [1.82, 2.24) is 0 Å². The van der Waals surface area contributed by atoms with Gasteiger partial charge in [-0.2, -0.15) is 0 Å². The Morgan fingerprint density at radius 3 is 2.27 bits per heavy atom. The highest BCUT2D eigenvalue weighted by molar-refractivity contribution is 9.11. The summed E-state index contributed by atoms with van der Waals surface area (Å²) in [6, 6.07) is 12.6. The van der Waals surface area contributed by atoms with E-state index in [0.29, 0.717) is 0 Å². The van der Waals surface area contributed by atoms with E-state index in [-0.39, 0.29) is 6.61 Å². The molecule has 0 heterocycles. The second-order valence-electron chi connectivity index (χ2n) is 4.79. The van der Waals surface area contributed by atoms with Crippen molar-refractivity contribution in [1.29, 1.82) is 0 Å². The molecule has 2 aromatic carbocycles. The van der Waals surface area contributed by atoms with E-state index in [4.69, 9.17) is 11.2 Å². The van der Waals surface area contributed by atoms with Crippen LogP contribution in [0.3, 0.4) is 0 Å². The topological polar surface area (TPSA) is 21.3 Å². The maximum Gasteiger partial charge on any atom is 0.149 e. The van der Waals surface area contributed by atoms with Gasteiger partial charge in [-0.25, -0.2) is 0 Å². The maximum atomic E-state index is 5.51. The first kappa shape index (κ1) is 16.9. The minimum absolute atomic E-state index is 0.249. The Labute approximate surface area is 148 Å². The predicted octanol–water partition coefficient (Wildman–Crippen LogP) is 5.40. The Balaban J connectivity index is 2.05. The van der Waals surface area contributed by atoms with Crippen LogP contribution in [-0.2, 0) is 13.0 Å². The van der Waals surface area contributed by atoms with Gasteiger partial charge in [-0.1, -0.05) is 25.0 Å². The summed E-state index contributed by atoms with van der Waals surface area (Å²) in [5.41, 5.74) is 3.59. The molecule has 0 aromatic heterocycles. The van der Waals surface area contributed by atoms with Crippen LogP contribution in [0.1, 0.15) is 18.1 Å². The number of anilines is 1. The maximum absolute atomic E-state index is 5.51. The van der Waals surface area contributed by atoms with Gasteiger partial charge in [0.15, 0.2) is 0 Å². The molecule has 2 rings (SSSR count). The molecule has 1 N–H and O–H groups in total. The minimum atomic E-state index is 0.249. The molecule has 2 aromatic rings. The summed E-state index contributed by atoms with van der Waals surface area (Å²) in [5.74, 6) is 3.20. The molecule has 0 bridgehead atoms. The predicted molar refractivity (Wildman–Crippen MR) is 99.3 cm³/mol. The van der Waals surface area contributed by atoms with Gasteiger partial charge in [-0.05, 0) is 73.7 Å². The number of halogens is 2. The van der Waals surface area contributed by atoms with E-state index in [0.717, 1.165) is 38.9 Å². The lowest BCUT2D eigenvalue weighted by Gasteiger charge is -2.12. The number of aryl methyl sites for hydroxylation is 1. The summed E-state index contributed by atoms with van der Waals surface area (Å²) in [6.07, 6.45) is 6.28. The molecule has 0 spiro atoms. The highest BCUT2D eigenvalue weighted by Crippen LogP contribution is 2.35. The van der Waals surface area contributed by atoms with Crippen LogP contribution in [0.25, 0.3) is 0 Å². The molecule has 0 aliphatic heterocycles. The molecule has 0 aliphatic carbocycles. The van der Waals surface area contributed by atoms with Crippen molar-refractivity contribution in [3.63, 3.8) is 0 Å². The van der Waals surface area contributed by atoms with Gasteiger partial charge in [0.05, 0.1) is 8.95 Å². The van der Waals surface area contributed by atoms with Crippen LogP contribution in [-0.4, -0.2) is 6.61 Å². The summed E-state index contributed by atoms with van der Waals surface area (Å²) >= 11 is 7.04. The first-order valence-electron chi connectivity index (χ1n) is 7.01. The van der Waals surface area contributed by atoms with Crippen molar-refractivity contribution in [2.24, 2.45) is 0 Å². The number of nitrogens with one attached hydrogen (secondary N) is 1. The fourth-order valence-corrected chi connectivity index (χ4v) is 3.54. The fraction of sp³-hybridized carbons (Fsp3) is 0.222. The van der Waals surface area contributed by atoms with E-state index in [1.807, 2.05) is 12.1 Å². The van der Waals surface area contributed by atoms with Gasteiger partial charge < -0.3 is 10.1 Å². The second kappa shape index (κ2) is 8.26. The van der Waals surface area contributed by atoms with E-state index < -0.39 is 0 Å². The molecule has 0 atom stereocenters. The Bertz CT molecular complexity index is 651. The Kier molecular flexibility index (Phi) is 6.35. The molecule has 114 valence electrons. The number of hydrogen-bond acceptors (Lipinski definition) is 2. The number of benzene rings is 2. The number of ether oxygens (including phenoxy) is 1. The van der Waals surface area contributed by atoms with Gasteiger partial charge in [0.2, 0.25) is 0 Å². The van der Waals surface area contributed by atoms with Crippen molar-refractivity contribution in [2.45, 2.75) is 19.9 Å². The zero-order valence-electron chi connectivity index (χ0n) is 12.3. The van der Waals surface area contributed by atoms with Gasteiger partial charge in [0, 0.05) is 12.2 Å². The summed E-state index contributed by atoms with van der Waals surface area (Å²) in [4.78, 5) is 0. The molecular weight excluding hydrogens is 406 g/mol. The molecule has 0 radical (unpaired) electrons. The third-order valence-corrected chi connectivity index (χ3v) is 4.39. The van der Waals surface area contributed by atoms with Crippen LogP contribution >= 0.6 is 31.9 Å². The Hall–Kier alpha value is -1.44. The normalized spacial score (nSPS) is 10.1. The number of rotatable bonds is 6. The third kappa shape index (κ3) is 4.53. The van der Waals surface area contributed by atoms with Crippen molar-refractivity contribution in [3.05, 3.63) is 56.5 Å². The van der Waals surface area contributed by atoms with Crippen LogP contribution in [0.4, 0.5) is 5.69 Å². The van der Waals surface area contributed by atoms with E-state index in [1.54, 1.807) is 0 Å². The lowest BCUT2D eigenvalue weighted by molar-refractivity contribution is 0.365. The molecule has 4 heteroatoms. The molecule has 22 heavy (non-hydrogen) atoms. The largest absolute Gasteiger partial charge is 0.479 e. The van der Waals surface area contributed by atoms with Gasteiger partial charge in [0.1, 0.15) is 12.4 Å². The SMILES string of the molecule is C#CCOc1c(Br)cc(CNc2ccc(CC)cc2)cc1Br. The average Bonchev–Trinajstić information content (AvgIpc) is 2.52. The smallest absolute Gasteiger partial charge is 0.149 e. The summed E-state index contributed by atoms with van der Waals surface area (Å²) in [5, 5.41) is 3.41. The molecule has 2 nitrogen and oxygen atoms in total. The summed E-state index contributed by atoms with van der Waals surface area (Å²) < 4.78 is 7.28. The molecule has 0 saturated carbocycles. The molecule has 0 unspecified atom stereocenters. The van der Waals surface area contributed by atoms with Crippen LogP contribution in [0.5, 0.6) is 5.75 Å². The summed E-state index contributed by atoms with van der Waals surface area (Å²) in [7, 11) is 0. The zero-order chi connectivity index (χ0) is 15.9. The van der Waals surface area contributed by atoms with Crippen LogP contribution in [0.15, 0.2) is 45.3 Å². The van der Waals surface area contributed by atoms with Crippen molar-refractivity contribution in [3.8, 4) is 18.1 Å². The Morgan fingerprint density at radius 1 is 1.09 bits per heavy atom. The quantitative estimate of drug-likeness (QED) is 0.629. The van der Waals surface area contributed by atoms with Gasteiger partial charge in [-0.15, -0.1) is 6.42 Å². The lowest BCUT2D eigenvalue weighted by Crippen LogP contribution is -2.01. The molecule has 0 amide bonds. The number of terminal acetylenes is 1. The van der Waals surface area contributed by atoms with Crippen molar-refractivity contribution in [2.75, 3.05) is 11.9 Å². The van der Waals surface area contributed by atoms with E-state index in [9.17, 15) is 0 Å².